The number of aromatic nitrogens is 5. The molecule has 10 nitrogen and oxygen atoms in total. The van der Waals surface area contributed by atoms with Crippen LogP contribution in [0.15, 0.2) is 30.6 Å². The van der Waals surface area contributed by atoms with Crippen molar-refractivity contribution in [2.75, 3.05) is 38.2 Å². The molecule has 0 spiro atoms. The predicted octanol–water partition coefficient (Wildman–Crippen LogP) is 3.68. The number of hydrogen-bond donors (Lipinski definition) is 0. The number of piperazine rings is 1. The van der Waals surface area contributed by atoms with Crippen molar-refractivity contribution in [1.29, 1.82) is 0 Å². The van der Waals surface area contributed by atoms with Gasteiger partial charge >= 0.3 is 6.09 Å². The Morgan fingerprint density at radius 2 is 1.81 bits per heavy atom. The van der Waals surface area contributed by atoms with E-state index in [0.29, 0.717) is 43.0 Å². The van der Waals surface area contributed by atoms with E-state index in [1.165, 1.54) is 36.0 Å². The molecule has 4 heterocycles. The normalized spacial score (nSPS) is 14.5. The maximum Gasteiger partial charge on any atom is 0.410 e. The molecule has 0 saturated carbocycles. The number of carbonyl (C=O) groups excluding carboxylic acids is 1. The summed E-state index contributed by atoms with van der Waals surface area (Å²) in [6.45, 7) is 7.13. The summed E-state index contributed by atoms with van der Waals surface area (Å²) in [6.07, 6.45) is 1.03. The highest BCUT2D eigenvalue weighted by molar-refractivity contribution is 5.91. The van der Waals surface area contributed by atoms with Gasteiger partial charge in [0.05, 0.1) is 18.1 Å². The smallest absolute Gasteiger partial charge is 0.410 e. The molecule has 0 radical (unpaired) electrons. The van der Waals surface area contributed by atoms with E-state index in [9.17, 15) is 9.18 Å². The number of methoxy groups -OCH3 is 1. The summed E-state index contributed by atoms with van der Waals surface area (Å²) in [7, 11) is 1.38. The number of pyridine rings is 1. The number of nitrogens with zero attached hydrogens (tertiary/aromatic N) is 7. The van der Waals surface area contributed by atoms with Crippen LogP contribution in [0.25, 0.3) is 28.1 Å². The third kappa shape index (κ3) is 4.23. The monoisotopic (exact) mass is 497 g/mol. The molecule has 1 aromatic carbocycles. The van der Waals surface area contributed by atoms with Gasteiger partial charge in [-0.3, -0.25) is 0 Å². The molecule has 1 fully saturated rings. The van der Waals surface area contributed by atoms with Crippen LogP contribution in [0.2, 0.25) is 0 Å². The lowest BCUT2D eigenvalue weighted by atomic mass is 10.1. The first-order valence-corrected chi connectivity index (χ1v) is 11.4. The third-order valence-electron chi connectivity index (χ3n) is 5.82. The van der Waals surface area contributed by atoms with Crippen LogP contribution < -0.4 is 9.64 Å². The van der Waals surface area contributed by atoms with Crippen LogP contribution in [0.4, 0.5) is 19.4 Å². The molecule has 1 aliphatic heterocycles. The summed E-state index contributed by atoms with van der Waals surface area (Å²) < 4.78 is 42.5. The van der Waals surface area contributed by atoms with Crippen molar-refractivity contribution in [3.05, 3.63) is 42.2 Å². The minimum absolute atomic E-state index is 0.0787. The minimum atomic E-state index is -0.728. The fourth-order valence-electron chi connectivity index (χ4n) is 4.18. The Balaban J connectivity index is 1.56. The van der Waals surface area contributed by atoms with Crippen molar-refractivity contribution in [2.45, 2.75) is 26.4 Å². The molecule has 1 saturated heterocycles. The molecule has 1 amide bonds. The lowest BCUT2D eigenvalue weighted by Crippen LogP contribution is -2.50. The summed E-state index contributed by atoms with van der Waals surface area (Å²) in [6, 6.07) is 5.53. The Hall–Kier alpha value is -4.09. The van der Waals surface area contributed by atoms with Crippen LogP contribution in [0.1, 0.15) is 20.8 Å². The van der Waals surface area contributed by atoms with Crippen LogP contribution >= 0.6 is 0 Å². The fourth-order valence-corrected chi connectivity index (χ4v) is 4.18. The fraction of sp³-hybridized carbons (Fsp3) is 0.375. The van der Waals surface area contributed by atoms with Crippen molar-refractivity contribution < 1.29 is 23.0 Å². The van der Waals surface area contributed by atoms with Crippen LogP contribution in [-0.2, 0) is 4.74 Å². The molecular formula is C24H25F2N7O3. The Bertz CT molecular complexity index is 1460. The first kappa shape index (κ1) is 23.6. The number of benzene rings is 1. The zero-order valence-electron chi connectivity index (χ0n) is 20.3. The quantitative estimate of drug-likeness (QED) is 0.423. The van der Waals surface area contributed by atoms with Crippen molar-refractivity contribution >= 4 is 28.7 Å². The summed E-state index contributed by atoms with van der Waals surface area (Å²) in [5.74, 6) is -0.514. The molecule has 0 N–H and O–H groups in total. The second-order valence-electron chi connectivity index (χ2n) is 9.40. The summed E-state index contributed by atoms with van der Waals surface area (Å²) in [5.41, 5.74) is -0.549. The van der Waals surface area contributed by atoms with Gasteiger partial charge in [-0.25, -0.2) is 23.0 Å². The Labute approximate surface area is 205 Å². The molecule has 36 heavy (non-hydrogen) atoms. The van der Waals surface area contributed by atoms with E-state index < -0.39 is 17.2 Å². The highest BCUT2D eigenvalue weighted by atomic mass is 19.1. The molecule has 3 aromatic heterocycles. The Morgan fingerprint density at radius 1 is 1.06 bits per heavy atom. The van der Waals surface area contributed by atoms with E-state index in [1.807, 2.05) is 25.7 Å². The summed E-state index contributed by atoms with van der Waals surface area (Å²) in [5, 5.41) is 8.36. The number of hydrogen-bond acceptors (Lipinski definition) is 8. The highest BCUT2D eigenvalue weighted by Crippen LogP contribution is 2.36. The number of amides is 1. The maximum absolute atomic E-state index is 15.5. The predicted molar refractivity (Wildman–Crippen MR) is 128 cm³/mol. The zero-order valence-corrected chi connectivity index (χ0v) is 20.3. The van der Waals surface area contributed by atoms with Gasteiger partial charge in [-0.1, -0.05) is 6.07 Å². The third-order valence-corrected chi connectivity index (χ3v) is 5.82. The first-order valence-electron chi connectivity index (χ1n) is 11.4. The lowest BCUT2D eigenvalue weighted by Gasteiger charge is -2.36. The molecular weight excluding hydrogens is 472 g/mol. The standard InChI is InChI=1S/C24H25F2N7O3/c1-24(2,3)36-23(34)32-10-8-31(9-11-32)20-14-12-16(26)19(18-15(25)6-5-7-17(18)35-4)28-21(14)33-13-27-30-22(33)29-20/h5-7,12-13H,8-11H2,1-4H3. The molecule has 0 unspecified atom stereocenters. The van der Waals surface area contributed by atoms with Gasteiger partial charge in [0, 0.05) is 26.2 Å². The number of carbonyl (C=O) groups is 1. The molecule has 12 heteroatoms. The Kier molecular flexibility index (Phi) is 5.81. The number of anilines is 1. The van der Waals surface area contributed by atoms with Crippen molar-refractivity contribution in [3.8, 4) is 17.0 Å². The van der Waals surface area contributed by atoms with Crippen LogP contribution in [-0.4, -0.2) is 74.4 Å². The van der Waals surface area contributed by atoms with Crippen LogP contribution in [0.3, 0.4) is 0 Å². The average Bonchev–Trinajstić information content (AvgIpc) is 3.31. The zero-order chi connectivity index (χ0) is 25.6. The van der Waals surface area contributed by atoms with Gasteiger partial charge in [-0.05, 0) is 39.0 Å². The SMILES string of the molecule is COc1cccc(F)c1-c1nc2c(cc1F)c(N1CCN(C(=O)OC(C)(C)C)CC1)nc1nncn12. The number of ether oxygens (including phenoxy) is 2. The molecule has 1 aliphatic rings. The molecule has 0 atom stereocenters. The number of rotatable bonds is 3. The number of fused-ring (bicyclic) bond motifs is 3. The van der Waals surface area contributed by atoms with Crippen LogP contribution in [0.5, 0.6) is 5.75 Å². The highest BCUT2D eigenvalue weighted by Gasteiger charge is 2.28. The van der Waals surface area contributed by atoms with Gasteiger partial charge < -0.3 is 19.3 Å². The van der Waals surface area contributed by atoms with E-state index in [2.05, 4.69) is 20.2 Å². The summed E-state index contributed by atoms with van der Waals surface area (Å²) in [4.78, 5) is 25.1. The van der Waals surface area contributed by atoms with E-state index >= 15 is 4.39 Å². The van der Waals surface area contributed by atoms with E-state index in [-0.39, 0.29) is 28.9 Å². The van der Waals surface area contributed by atoms with Crippen LogP contribution in [0, 0.1) is 11.6 Å². The van der Waals surface area contributed by atoms with Gasteiger partial charge in [0.1, 0.15) is 35.0 Å². The van der Waals surface area contributed by atoms with E-state index in [4.69, 9.17) is 9.47 Å². The molecule has 0 aliphatic carbocycles. The van der Waals surface area contributed by atoms with Crippen molar-refractivity contribution in [2.24, 2.45) is 0 Å². The second kappa shape index (κ2) is 8.85. The molecule has 5 rings (SSSR count). The average molecular weight is 498 g/mol. The molecule has 0 bridgehead atoms. The van der Waals surface area contributed by atoms with E-state index in [0.717, 1.165) is 0 Å². The summed E-state index contributed by atoms with van der Waals surface area (Å²) >= 11 is 0. The van der Waals surface area contributed by atoms with Gasteiger partial charge in [-0.2, -0.15) is 4.98 Å². The van der Waals surface area contributed by atoms with Gasteiger partial charge in [0.2, 0.25) is 0 Å². The molecule has 4 aromatic rings. The lowest BCUT2D eigenvalue weighted by molar-refractivity contribution is 0.0240. The van der Waals surface area contributed by atoms with Gasteiger partial charge in [-0.15, -0.1) is 10.2 Å². The Morgan fingerprint density at radius 3 is 2.50 bits per heavy atom. The molecule has 188 valence electrons. The minimum Gasteiger partial charge on any atom is -0.496 e. The largest absolute Gasteiger partial charge is 0.496 e. The second-order valence-corrected chi connectivity index (χ2v) is 9.40. The first-order chi connectivity index (χ1) is 17.2. The maximum atomic E-state index is 15.5. The van der Waals surface area contributed by atoms with Gasteiger partial charge in [0.15, 0.2) is 11.5 Å². The topological polar surface area (TPSA) is 98.0 Å². The van der Waals surface area contributed by atoms with Crippen molar-refractivity contribution in [1.82, 2.24) is 29.5 Å². The number of halogens is 2. The van der Waals surface area contributed by atoms with E-state index in [1.54, 1.807) is 11.0 Å². The van der Waals surface area contributed by atoms with Crippen molar-refractivity contribution in [3.63, 3.8) is 0 Å². The van der Waals surface area contributed by atoms with Gasteiger partial charge in [0.25, 0.3) is 5.78 Å².